The lowest BCUT2D eigenvalue weighted by molar-refractivity contribution is -0.130. The van der Waals surface area contributed by atoms with Gasteiger partial charge in [-0.05, 0) is 48.4 Å². The van der Waals surface area contributed by atoms with E-state index in [4.69, 9.17) is 5.73 Å². The van der Waals surface area contributed by atoms with Crippen molar-refractivity contribution in [3.8, 4) is 0 Å². The average molecular weight is 413 g/mol. The maximum absolute atomic E-state index is 12.7. The van der Waals surface area contributed by atoms with Crippen LogP contribution in [-0.2, 0) is 17.6 Å². The number of amides is 1. The summed E-state index contributed by atoms with van der Waals surface area (Å²) < 4.78 is 0. The molecular weight excluding hydrogens is 384 g/mol. The molecule has 1 saturated heterocycles. The van der Waals surface area contributed by atoms with Crippen LogP contribution in [0.15, 0.2) is 48.5 Å². The topological polar surface area (TPSA) is 63.4 Å². The smallest absolute Gasteiger partial charge is 0.223 e. The van der Waals surface area contributed by atoms with Crippen LogP contribution >= 0.6 is 12.4 Å². The predicted molar refractivity (Wildman–Crippen MR) is 118 cm³/mol. The van der Waals surface area contributed by atoms with E-state index in [-0.39, 0.29) is 48.9 Å². The number of ketones is 1. The molecule has 2 aliphatic rings. The Morgan fingerprint density at radius 3 is 2.41 bits per heavy atom. The van der Waals surface area contributed by atoms with E-state index < -0.39 is 0 Å². The monoisotopic (exact) mass is 412 g/mol. The van der Waals surface area contributed by atoms with Crippen LogP contribution in [0.1, 0.15) is 58.6 Å². The Kier molecular flexibility index (Phi) is 7.09. The summed E-state index contributed by atoms with van der Waals surface area (Å²) in [4.78, 5) is 27.1. The van der Waals surface area contributed by atoms with Crippen molar-refractivity contribution in [2.45, 2.75) is 50.5 Å². The Balaban J connectivity index is 0.00000240. The number of nitrogens with zero attached hydrogens (tertiary/aromatic N) is 1. The van der Waals surface area contributed by atoms with Gasteiger partial charge >= 0.3 is 0 Å². The van der Waals surface area contributed by atoms with Crippen molar-refractivity contribution in [2.24, 2.45) is 5.73 Å². The first-order chi connectivity index (χ1) is 13.6. The quantitative estimate of drug-likeness (QED) is 0.757. The second-order valence-corrected chi connectivity index (χ2v) is 8.09. The number of carbonyl (C=O) groups is 2. The van der Waals surface area contributed by atoms with E-state index in [0.717, 1.165) is 18.4 Å². The Morgan fingerprint density at radius 2 is 1.66 bits per heavy atom. The number of Topliss-reactive ketones (excluding diaryl/α,β-unsaturated/α-hetero) is 1. The van der Waals surface area contributed by atoms with Crippen LogP contribution in [0.3, 0.4) is 0 Å². The molecule has 1 aliphatic heterocycles. The molecule has 2 aromatic carbocycles. The molecule has 0 aromatic heterocycles. The molecule has 154 valence electrons. The molecule has 0 unspecified atom stereocenters. The number of fused-ring (bicyclic) bond motifs is 1. The average Bonchev–Trinajstić information content (AvgIpc) is 3.13. The third kappa shape index (κ3) is 4.88. The molecule has 0 spiro atoms. The fourth-order valence-electron chi connectivity index (χ4n) is 4.52. The van der Waals surface area contributed by atoms with Crippen molar-refractivity contribution in [2.75, 3.05) is 13.1 Å². The van der Waals surface area contributed by atoms with E-state index >= 15 is 0 Å². The van der Waals surface area contributed by atoms with Crippen LogP contribution in [-0.4, -0.2) is 35.7 Å². The Hall–Kier alpha value is -2.17. The van der Waals surface area contributed by atoms with Crippen molar-refractivity contribution in [3.63, 3.8) is 0 Å². The minimum absolute atomic E-state index is 0. The normalized spacial score (nSPS) is 20.7. The Morgan fingerprint density at radius 1 is 0.931 bits per heavy atom. The third-order valence-corrected chi connectivity index (χ3v) is 6.18. The van der Waals surface area contributed by atoms with Crippen molar-refractivity contribution in [1.29, 1.82) is 0 Å². The molecule has 1 heterocycles. The predicted octanol–water partition coefficient (Wildman–Crippen LogP) is 3.90. The van der Waals surface area contributed by atoms with Gasteiger partial charge in [0.1, 0.15) is 0 Å². The molecule has 5 heteroatoms. The molecule has 0 radical (unpaired) electrons. The van der Waals surface area contributed by atoms with Gasteiger partial charge in [0, 0.05) is 43.5 Å². The minimum atomic E-state index is -0.0531. The molecule has 2 aromatic rings. The summed E-state index contributed by atoms with van der Waals surface area (Å²) in [5.41, 5.74) is 10.9. The standard InChI is InChI=1S/C24H28N2O2.ClH/c25-22-16-26(15-21(22)18-7-2-1-3-8-18)24(28)13-12-23(27)20-11-10-17-6-4-5-9-19(17)14-20;/h1-3,7-8,10-11,14,21-22H,4-6,9,12-13,15-16,25H2;1H/t21-,22+;/m0./s1. The van der Waals surface area contributed by atoms with Gasteiger partial charge in [-0.15, -0.1) is 12.4 Å². The molecule has 29 heavy (non-hydrogen) atoms. The van der Waals surface area contributed by atoms with Gasteiger partial charge in [-0.3, -0.25) is 9.59 Å². The SMILES string of the molecule is Cl.N[C@@H]1CN(C(=O)CCC(=O)c2ccc3c(c2)CCCC3)C[C@H]1c1ccccc1. The third-order valence-electron chi connectivity index (χ3n) is 6.18. The van der Waals surface area contributed by atoms with Crippen LogP contribution < -0.4 is 5.73 Å². The van der Waals surface area contributed by atoms with Crippen LogP contribution in [0.25, 0.3) is 0 Å². The summed E-state index contributed by atoms with van der Waals surface area (Å²) in [5.74, 6) is 0.256. The highest BCUT2D eigenvalue weighted by molar-refractivity contribution is 5.98. The van der Waals surface area contributed by atoms with Gasteiger partial charge in [0.2, 0.25) is 5.91 Å². The van der Waals surface area contributed by atoms with Gasteiger partial charge in [-0.25, -0.2) is 0 Å². The summed E-state index contributed by atoms with van der Waals surface area (Å²) in [6.45, 7) is 1.20. The van der Waals surface area contributed by atoms with Gasteiger partial charge in [-0.1, -0.05) is 42.5 Å². The lowest BCUT2D eigenvalue weighted by Crippen LogP contribution is -2.32. The largest absolute Gasteiger partial charge is 0.340 e. The zero-order valence-corrected chi connectivity index (χ0v) is 17.5. The lowest BCUT2D eigenvalue weighted by Gasteiger charge is -2.17. The molecule has 1 fully saturated rings. The number of hydrogen-bond donors (Lipinski definition) is 1. The van der Waals surface area contributed by atoms with Crippen molar-refractivity contribution in [1.82, 2.24) is 4.90 Å². The number of benzene rings is 2. The second kappa shape index (κ2) is 9.55. The maximum atomic E-state index is 12.7. The van der Waals surface area contributed by atoms with Crippen molar-refractivity contribution >= 4 is 24.1 Å². The first-order valence-electron chi connectivity index (χ1n) is 10.3. The van der Waals surface area contributed by atoms with E-state index in [9.17, 15) is 9.59 Å². The molecule has 0 saturated carbocycles. The number of carbonyl (C=O) groups excluding carboxylic acids is 2. The highest BCUT2D eigenvalue weighted by Gasteiger charge is 2.33. The number of likely N-dealkylation sites (tertiary alicyclic amines) is 1. The molecule has 1 aliphatic carbocycles. The maximum Gasteiger partial charge on any atom is 0.223 e. The summed E-state index contributed by atoms with van der Waals surface area (Å²) in [5, 5.41) is 0. The van der Waals surface area contributed by atoms with Crippen LogP contribution in [0.5, 0.6) is 0 Å². The molecule has 1 amide bonds. The van der Waals surface area contributed by atoms with E-state index in [1.807, 2.05) is 35.2 Å². The first kappa shape index (κ1) is 21.5. The molecule has 2 N–H and O–H groups in total. The molecular formula is C24H29ClN2O2. The molecule has 0 bridgehead atoms. The summed E-state index contributed by atoms with van der Waals surface area (Å²) in [6.07, 6.45) is 5.11. The van der Waals surface area contributed by atoms with Crippen LogP contribution in [0, 0.1) is 0 Å². The fourth-order valence-corrected chi connectivity index (χ4v) is 4.52. The van der Waals surface area contributed by atoms with Gasteiger partial charge in [0.25, 0.3) is 0 Å². The molecule has 4 rings (SSSR count). The van der Waals surface area contributed by atoms with Crippen molar-refractivity contribution in [3.05, 3.63) is 70.8 Å². The van der Waals surface area contributed by atoms with E-state index in [1.165, 1.54) is 29.5 Å². The van der Waals surface area contributed by atoms with Crippen LogP contribution in [0.4, 0.5) is 0 Å². The summed E-state index contributed by atoms with van der Waals surface area (Å²) in [7, 11) is 0. The van der Waals surface area contributed by atoms with Crippen molar-refractivity contribution < 1.29 is 9.59 Å². The van der Waals surface area contributed by atoms with Crippen LogP contribution in [0.2, 0.25) is 0 Å². The summed E-state index contributed by atoms with van der Waals surface area (Å²) in [6, 6.07) is 16.1. The summed E-state index contributed by atoms with van der Waals surface area (Å²) >= 11 is 0. The molecule has 4 nitrogen and oxygen atoms in total. The van der Waals surface area contributed by atoms with Gasteiger partial charge in [-0.2, -0.15) is 0 Å². The number of nitrogens with two attached hydrogens (primary N) is 1. The van der Waals surface area contributed by atoms with E-state index in [0.29, 0.717) is 13.1 Å². The van der Waals surface area contributed by atoms with Gasteiger partial charge < -0.3 is 10.6 Å². The van der Waals surface area contributed by atoms with Gasteiger partial charge in [0.05, 0.1) is 0 Å². The lowest BCUT2D eigenvalue weighted by atomic mass is 9.89. The number of halogens is 1. The number of rotatable bonds is 5. The van der Waals surface area contributed by atoms with E-state index in [2.05, 4.69) is 18.2 Å². The zero-order chi connectivity index (χ0) is 19.5. The Bertz CT molecular complexity index is 868. The van der Waals surface area contributed by atoms with E-state index in [1.54, 1.807) is 0 Å². The zero-order valence-electron chi connectivity index (χ0n) is 16.7. The fraction of sp³-hybridized carbons (Fsp3) is 0.417. The minimum Gasteiger partial charge on any atom is -0.340 e. The highest BCUT2D eigenvalue weighted by Crippen LogP contribution is 2.27. The number of hydrogen-bond acceptors (Lipinski definition) is 3. The highest BCUT2D eigenvalue weighted by atomic mass is 35.5. The second-order valence-electron chi connectivity index (χ2n) is 8.09. The number of aryl methyl sites for hydroxylation is 2. The molecule has 2 atom stereocenters. The Labute approximate surface area is 178 Å². The first-order valence-corrected chi connectivity index (χ1v) is 10.3. The van der Waals surface area contributed by atoms with Gasteiger partial charge in [0.15, 0.2) is 5.78 Å².